The molecule has 21 heavy (non-hydrogen) atoms. The number of nitrogens with two attached hydrogens (primary N) is 1. The van der Waals surface area contributed by atoms with Crippen LogP contribution < -0.4 is 11.3 Å². The van der Waals surface area contributed by atoms with E-state index < -0.39 is 23.6 Å². The van der Waals surface area contributed by atoms with E-state index in [1.807, 2.05) is 19.9 Å². The maximum atomic E-state index is 13.7. The summed E-state index contributed by atoms with van der Waals surface area (Å²) >= 11 is 1.47. The Hall–Kier alpha value is -1.44. The van der Waals surface area contributed by atoms with Crippen LogP contribution in [-0.2, 0) is 6.18 Å². The Balaban J connectivity index is 2.42. The van der Waals surface area contributed by atoms with Gasteiger partial charge in [0.1, 0.15) is 5.82 Å². The van der Waals surface area contributed by atoms with Crippen molar-refractivity contribution in [3.8, 4) is 0 Å². The molecule has 0 amide bonds. The van der Waals surface area contributed by atoms with Crippen molar-refractivity contribution >= 4 is 11.3 Å². The summed E-state index contributed by atoms with van der Waals surface area (Å²) in [5, 5.41) is 0. The van der Waals surface area contributed by atoms with Gasteiger partial charge in [0.15, 0.2) is 0 Å². The standard InChI is InChI=1S/C14H14F4N2S/c1-7-5-12(21-8(7)2)13(20-19)9-3-4-10(11(15)6-9)14(16,17)18/h3-6,13,20H,19H2,1-2H3. The van der Waals surface area contributed by atoms with E-state index in [9.17, 15) is 17.6 Å². The molecule has 3 N–H and O–H groups in total. The molecule has 1 heterocycles. The first-order chi connectivity index (χ1) is 9.74. The molecule has 7 heteroatoms. The van der Waals surface area contributed by atoms with E-state index in [2.05, 4.69) is 5.43 Å². The lowest BCUT2D eigenvalue weighted by Gasteiger charge is -2.16. The summed E-state index contributed by atoms with van der Waals surface area (Å²) in [5.41, 5.74) is 2.66. The lowest BCUT2D eigenvalue weighted by molar-refractivity contribution is -0.140. The molecule has 0 fully saturated rings. The molecular formula is C14H14F4N2S. The van der Waals surface area contributed by atoms with Crippen LogP contribution in [0, 0.1) is 19.7 Å². The number of aryl methyl sites for hydroxylation is 2. The van der Waals surface area contributed by atoms with Gasteiger partial charge in [-0.1, -0.05) is 6.07 Å². The maximum Gasteiger partial charge on any atom is 0.419 e. The first-order valence-corrected chi connectivity index (χ1v) is 6.95. The molecule has 0 radical (unpaired) electrons. The molecule has 1 unspecified atom stereocenters. The van der Waals surface area contributed by atoms with Gasteiger partial charge in [-0.2, -0.15) is 13.2 Å². The van der Waals surface area contributed by atoms with Gasteiger partial charge in [-0.25, -0.2) is 9.82 Å². The maximum absolute atomic E-state index is 13.7. The van der Waals surface area contributed by atoms with Gasteiger partial charge in [0, 0.05) is 9.75 Å². The van der Waals surface area contributed by atoms with Gasteiger partial charge in [-0.15, -0.1) is 11.3 Å². The van der Waals surface area contributed by atoms with Gasteiger partial charge in [0.25, 0.3) is 0 Å². The van der Waals surface area contributed by atoms with Crippen LogP contribution in [0.4, 0.5) is 17.6 Å². The normalized spacial score (nSPS) is 13.5. The number of halogens is 4. The van der Waals surface area contributed by atoms with E-state index in [1.165, 1.54) is 17.4 Å². The molecule has 0 spiro atoms. The SMILES string of the molecule is Cc1cc(C(NN)c2ccc(C(F)(F)F)c(F)c2)sc1C. The summed E-state index contributed by atoms with van der Waals surface area (Å²) in [6.45, 7) is 3.86. The summed E-state index contributed by atoms with van der Waals surface area (Å²) in [6, 6.07) is 4.19. The molecule has 1 aromatic carbocycles. The molecule has 2 nitrogen and oxygen atoms in total. The van der Waals surface area contributed by atoms with Crippen LogP contribution in [0.2, 0.25) is 0 Å². The molecule has 0 bridgehead atoms. The first-order valence-electron chi connectivity index (χ1n) is 6.13. The monoisotopic (exact) mass is 318 g/mol. The highest BCUT2D eigenvalue weighted by Gasteiger charge is 2.34. The van der Waals surface area contributed by atoms with E-state index in [1.54, 1.807) is 0 Å². The Kier molecular flexibility index (Phi) is 4.36. The number of nitrogens with one attached hydrogen (secondary N) is 1. The largest absolute Gasteiger partial charge is 0.419 e. The van der Waals surface area contributed by atoms with Crippen LogP contribution in [0.25, 0.3) is 0 Å². The van der Waals surface area contributed by atoms with Crippen LogP contribution >= 0.6 is 11.3 Å². The van der Waals surface area contributed by atoms with Crippen LogP contribution in [-0.4, -0.2) is 0 Å². The quantitative estimate of drug-likeness (QED) is 0.508. The molecule has 2 rings (SSSR count). The van der Waals surface area contributed by atoms with Gasteiger partial charge in [0.05, 0.1) is 11.6 Å². The number of hydrazine groups is 1. The second kappa shape index (κ2) is 5.75. The fourth-order valence-electron chi connectivity index (χ4n) is 2.03. The van der Waals surface area contributed by atoms with Crippen molar-refractivity contribution in [1.82, 2.24) is 5.43 Å². The smallest absolute Gasteiger partial charge is 0.271 e. The van der Waals surface area contributed by atoms with Gasteiger partial charge >= 0.3 is 6.18 Å². The summed E-state index contributed by atoms with van der Waals surface area (Å²) in [4.78, 5) is 1.91. The third-order valence-electron chi connectivity index (χ3n) is 3.27. The zero-order valence-electron chi connectivity index (χ0n) is 11.4. The minimum Gasteiger partial charge on any atom is -0.271 e. The highest BCUT2D eigenvalue weighted by molar-refractivity contribution is 7.12. The van der Waals surface area contributed by atoms with E-state index in [4.69, 9.17) is 5.84 Å². The second-order valence-electron chi connectivity index (χ2n) is 4.72. The van der Waals surface area contributed by atoms with Gasteiger partial charge in [-0.3, -0.25) is 5.84 Å². The zero-order chi connectivity index (χ0) is 15.8. The lowest BCUT2D eigenvalue weighted by atomic mass is 10.0. The van der Waals surface area contributed by atoms with E-state index >= 15 is 0 Å². The number of alkyl halides is 3. The van der Waals surface area contributed by atoms with Crippen molar-refractivity contribution in [2.75, 3.05) is 0 Å². The van der Waals surface area contributed by atoms with Crippen molar-refractivity contribution in [1.29, 1.82) is 0 Å². The fourth-order valence-corrected chi connectivity index (χ4v) is 3.16. The summed E-state index contributed by atoms with van der Waals surface area (Å²) in [6.07, 6.45) is -4.70. The molecule has 1 aromatic heterocycles. The molecule has 2 aromatic rings. The Bertz CT molecular complexity index is 629. The number of thiophene rings is 1. The Morgan fingerprint density at radius 2 is 1.86 bits per heavy atom. The highest BCUT2D eigenvalue weighted by atomic mass is 32.1. The molecule has 0 aliphatic heterocycles. The third kappa shape index (κ3) is 3.25. The van der Waals surface area contributed by atoms with Crippen molar-refractivity contribution in [3.63, 3.8) is 0 Å². The van der Waals surface area contributed by atoms with Gasteiger partial charge < -0.3 is 0 Å². The minimum atomic E-state index is -4.70. The zero-order valence-corrected chi connectivity index (χ0v) is 12.2. The Morgan fingerprint density at radius 3 is 2.29 bits per heavy atom. The predicted molar refractivity (Wildman–Crippen MR) is 74.4 cm³/mol. The van der Waals surface area contributed by atoms with Crippen LogP contribution in [0.5, 0.6) is 0 Å². The van der Waals surface area contributed by atoms with E-state index in [-0.39, 0.29) is 0 Å². The topological polar surface area (TPSA) is 38.0 Å². The van der Waals surface area contributed by atoms with E-state index in [0.29, 0.717) is 5.56 Å². The van der Waals surface area contributed by atoms with Crippen molar-refractivity contribution in [2.24, 2.45) is 5.84 Å². The Morgan fingerprint density at radius 1 is 1.19 bits per heavy atom. The number of benzene rings is 1. The third-order valence-corrected chi connectivity index (χ3v) is 4.49. The van der Waals surface area contributed by atoms with Crippen LogP contribution in [0.1, 0.15) is 32.5 Å². The summed E-state index contributed by atoms with van der Waals surface area (Å²) < 4.78 is 51.4. The van der Waals surface area contributed by atoms with Gasteiger partial charge in [-0.05, 0) is 43.2 Å². The molecule has 0 saturated carbocycles. The predicted octanol–water partition coefficient (Wildman–Crippen LogP) is 4.08. The molecule has 0 aliphatic rings. The molecule has 0 aliphatic carbocycles. The fraction of sp³-hybridized carbons (Fsp3) is 0.286. The summed E-state index contributed by atoms with van der Waals surface area (Å²) in [5.74, 6) is 4.18. The first kappa shape index (κ1) is 15.9. The number of rotatable bonds is 3. The van der Waals surface area contributed by atoms with E-state index in [0.717, 1.165) is 27.5 Å². The van der Waals surface area contributed by atoms with Crippen molar-refractivity contribution in [3.05, 3.63) is 56.5 Å². The van der Waals surface area contributed by atoms with Crippen molar-refractivity contribution < 1.29 is 17.6 Å². The average molecular weight is 318 g/mol. The highest BCUT2D eigenvalue weighted by Crippen LogP contribution is 2.35. The molecular weight excluding hydrogens is 304 g/mol. The summed E-state index contributed by atoms with van der Waals surface area (Å²) in [7, 11) is 0. The number of hydrogen-bond acceptors (Lipinski definition) is 3. The van der Waals surface area contributed by atoms with Crippen LogP contribution in [0.15, 0.2) is 24.3 Å². The average Bonchev–Trinajstić information content (AvgIpc) is 2.68. The molecule has 1 atom stereocenters. The minimum absolute atomic E-state index is 0.351. The molecule has 0 saturated heterocycles. The number of hydrogen-bond donors (Lipinski definition) is 2. The molecule has 114 valence electrons. The lowest BCUT2D eigenvalue weighted by Crippen LogP contribution is -2.28. The van der Waals surface area contributed by atoms with Crippen LogP contribution in [0.3, 0.4) is 0 Å². The second-order valence-corrected chi connectivity index (χ2v) is 6.01. The van der Waals surface area contributed by atoms with Gasteiger partial charge in [0.2, 0.25) is 0 Å². The van der Waals surface area contributed by atoms with Crippen molar-refractivity contribution in [2.45, 2.75) is 26.1 Å². The Labute approximate surface area is 123 Å².